The van der Waals surface area contributed by atoms with E-state index in [0.29, 0.717) is 0 Å². The Labute approximate surface area is 318 Å². The molecular weight excluding hydrogens is 775 g/mol. The van der Waals surface area contributed by atoms with Gasteiger partial charge in [-0.3, -0.25) is 14.4 Å². The fraction of sp³-hybridized carbons (Fsp3) is 0.111. The summed E-state index contributed by atoms with van der Waals surface area (Å²) in [6, 6.07) is 14.0. The van der Waals surface area contributed by atoms with Gasteiger partial charge in [0.1, 0.15) is 5.75 Å². The molecule has 12 nitrogen and oxygen atoms in total. The number of para-hydroxylation sites is 3. The van der Waals surface area contributed by atoms with Crippen molar-refractivity contribution < 1.29 is 138 Å². The number of nitrogens with zero attached hydrogens (tertiary/aromatic N) is 1. The second-order valence-corrected chi connectivity index (χ2v) is 8.12. The van der Waals surface area contributed by atoms with Crippen LogP contribution in [-0.2, 0) is 98.1 Å². The second-order valence-electron chi connectivity index (χ2n) is 8.12. The molecule has 8 N–H and O–H groups in total. The smallest absolute Gasteiger partial charge is 0.226 e. The van der Waals surface area contributed by atoms with Gasteiger partial charge in [0.05, 0.1) is 16.7 Å². The first-order chi connectivity index (χ1) is 18.7. The Bertz CT molecular complexity index is 1280. The van der Waals surface area contributed by atoms with Crippen molar-refractivity contribution in [2.24, 2.45) is 0 Å². The van der Waals surface area contributed by atoms with E-state index in [1.807, 2.05) is 0 Å². The maximum Gasteiger partial charge on any atom is 0.226 e. The normalized spacial score (nSPS) is 9.93. The van der Waals surface area contributed by atoms with Crippen LogP contribution in [0.2, 0.25) is 0 Å². The molecule has 3 aromatic rings. The summed E-state index contributed by atoms with van der Waals surface area (Å²) in [5.74, 6) is -4.07. The summed E-state index contributed by atoms with van der Waals surface area (Å²) in [5.41, 5.74) is -0.192. The number of benzene rings is 3. The average molecular weight is 802 g/mol. The van der Waals surface area contributed by atoms with Gasteiger partial charge in [-0.2, -0.15) is 0 Å². The molecule has 0 atom stereocenters. The number of hydrogen-bond acceptors (Lipinski definition) is 9. The Morgan fingerprint density at radius 2 is 0.857 bits per heavy atom. The standard InChI is InChI=1S/C27H27N4O8.3Y/c32-20-8-2-1-5-17(20)25(37)28-11-14-31(15-12-29-26(38)18-6-3-9-21(33)23(18)35)16-13-30-27(39)19-7-4-10-22(34)24(19)36;;;/h1-13,32-36H,14-16H2,(H,28,37)(H,29,38)(H,30,39);;;/q-3;;;. The molecule has 0 aromatic heterocycles. The number of carbonyl (C=O) groups is 3. The Morgan fingerprint density at radius 3 is 1.26 bits per heavy atom. The van der Waals surface area contributed by atoms with Crippen molar-refractivity contribution in [3.63, 3.8) is 0 Å². The molecule has 3 radical (unpaired) electrons. The zero-order valence-electron chi connectivity index (χ0n) is 22.3. The van der Waals surface area contributed by atoms with Crippen LogP contribution in [0.15, 0.2) is 60.7 Å². The SMILES string of the molecule is O=C(N[CH-]CN(C[CH-]NC(=O)c1cccc(O)c1O)C[CH-]NC(=O)c1cccc(O)c1O)c1ccccc1O.[Y].[Y].[Y]. The van der Waals surface area contributed by atoms with E-state index in [1.54, 1.807) is 17.0 Å². The quantitative estimate of drug-likeness (QED) is 0.0994. The van der Waals surface area contributed by atoms with E-state index in [2.05, 4.69) is 16.0 Å². The largest absolute Gasteiger partial charge is 0.507 e. The van der Waals surface area contributed by atoms with Gasteiger partial charge < -0.3 is 46.4 Å². The predicted octanol–water partition coefficient (Wildman–Crippen LogP) is 1.58. The van der Waals surface area contributed by atoms with Gasteiger partial charge in [0.15, 0.2) is 23.0 Å². The van der Waals surface area contributed by atoms with Gasteiger partial charge in [-0.1, -0.05) is 24.3 Å². The summed E-state index contributed by atoms with van der Waals surface area (Å²) >= 11 is 0. The number of aromatic hydroxyl groups is 5. The van der Waals surface area contributed by atoms with Crippen LogP contribution in [0.3, 0.4) is 0 Å². The van der Waals surface area contributed by atoms with Gasteiger partial charge in [-0.25, -0.2) is 19.6 Å². The third-order valence-corrected chi connectivity index (χ3v) is 5.42. The number of phenols is 5. The summed E-state index contributed by atoms with van der Waals surface area (Å²) < 4.78 is 0. The molecule has 3 aromatic carbocycles. The Balaban J connectivity index is 0.00000560. The number of amides is 3. The molecule has 0 fully saturated rings. The molecule has 0 bridgehead atoms. The van der Waals surface area contributed by atoms with E-state index in [-0.39, 0.29) is 140 Å². The first-order valence-electron chi connectivity index (χ1n) is 11.6. The van der Waals surface area contributed by atoms with Crippen LogP contribution in [0, 0.1) is 19.6 Å². The van der Waals surface area contributed by atoms with Crippen LogP contribution in [0.25, 0.3) is 0 Å². The number of phenolic OH excluding ortho intramolecular Hbond substituents is 5. The minimum absolute atomic E-state index is 0. The van der Waals surface area contributed by atoms with Crippen LogP contribution in [-0.4, -0.2) is 67.8 Å². The van der Waals surface area contributed by atoms with Crippen molar-refractivity contribution in [3.8, 4) is 28.7 Å². The number of carbonyl (C=O) groups excluding carboxylic acids is 3. The van der Waals surface area contributed by atoms with Gasteiger partial charge >= 0.3 is 0 Å². The van der Waals surface area contributed by atoms with E-state index in [9.17, 15) is 39.9 Å². The van der Waals surface area contributed by atoms with E-state index < -0.39 is 40.7 Å². The van der Waals surface area contributed by atoms with Gasteiger partial charge in [0, 0.05) is 98.1 Å². The van der Waals surface area contributed by atoms with Gasteiger partial charge in [-0.05, 0) is 36.4 Å². The molecule has 0 spiro atoms. The number of rotatable bonds is 12. The minimum atomic E-state index is -0.670. The first-order valence-corrected chi connectivity index (χ1v) is 11.6. The number of hydrogen-bond donors (Lipinski definition) is 8. The van der Waals surface area contributed by atoms with Crippen molar-refractivity contribution in [1.82, 2.24) is 20.9 Å². The average Bonchev–Trinajstić information content (AvgIpc) is 2.91. The third-order valence-electron chi connectivity index (χ3n) is 5.42. The monoisotopic (exact) mass is 802 g/mol. The van der Waals surface area contributed by atoms with E-state index in [4.69, 9.17) is 0 Å². The van der Waals surface area contributed by atoms with E-state index in [0.717, 1.165) is 0 Å². The summed E-state index contributed by atoms with van der Waals surface area (Å²) in [6.45, 7) is 4.52. The van der Waals surface area contributed by atoms with Crippen LogP contribution >= 0.6 is 0 Å². The minimum Gasteiger partial charge on any atom is -0.507 e. The van der Waals surface area contributed by atoms with Crippen LogP contribution < -0.4 is 16.0 Å². The molecule has 0 saturated heterocycles. The fourth-order valence-electron chi connectivity index (χ4n) is 3.35. The topological polar surface area (TPSA) is 192 Å². The van der Waals surface area contributed by atoms with Crippen molar-refractivity contribution in [2.45, 2.75) is 0 Å². The molecule has 0 aliphatic heterocycles. The summed E-state index contributed by atoms with van der Waals surface area (Å²) in [7, 11) is 0. The molecule has 0 unspecified atom stereocenters. The van der Waals surface area contributed by atoms with E-state index >= 15 is 0 Å². The van der Waals surface area contributed by atoms with Crippen molar-refractivity contribution in [3.05, 3.63) is 97.0 Å². The van der Waals surface area contributed by atoms with E-state index in [1.165, 1.54) is 68.2 Å². The molecular formula is C27H27N4O8Y3-3. The maximum absolute atomic E-state index is 12.4. The third kappa shape index (κ3) is 11.8. The van der Waals surface area contributed by atoms with Crippen molar-refractivity contribution >= 4 is 17.7 Å². The van der Waals surface area contributed by atoms with Crippen molar-refractivity contribution in [1.29, 1.82) is 0 Å². The van der Waals surface area contributed by atoms with Crippen LogP contribution in [0.1, 0.15) is 31.1 Å². The molecule has 0 aliphatic carbocycles. The molecule has 215 valence electrons. The Morgan fingerprint density at radius 1 is 0.524 bits per heavy atom. The number of nitrogens with one attached hydrogen (secondary N) is 3. The van der Waals surface area contributed by atoms with Crippen LogP contribution in [0.5, 0.6) is 28.7 Å². The Hall–Kier alpha value is -1.66. The second kappa shape index (κ2) is 20.3. The molecule has 0 saturated carbocycles. The van der Waals surface area contributed by atoms with Crippen molar-refractivity contribution in [2.75, 3.05) is 19.6 Å². The van der Waals surface area contributed by atoms with Crippen LogP contribution in [0.4, 0.5) is 0 Å². The molecule has 3 amide bonds. The molecule has 3 rings (SSSR count). The first kappa shape index (κ1) is 40.3. The predicted molar refractivity (Wildman–Crippen MR) is 139 cm³/mol. The summed E-state index contributed by atoms with van der Waals surface area (Å²) in [4.78, 5) is 38.8. The summed E-state index contributed by atoms with van der Waals surface area (Å²) in [5, 5.41) is 56.3. The zero-order valence-corrected chi connectivity index (χ0v) is 30.8. The Kier molecular flexibility index (Phi) is 19.5. The van der Waals surface area contributed by atoms with Gasteiger partial charge in [0.2, 0.25) is 17.7 Å². The zero-order chi connectivity index (χ0) is 28.4. The summed E-state index contributed by atoms with van der Waals surface area (Å²) in [6.07, 6.45) is 0. The molecule has 0 aliphatic rings. The molecule has 0 heterocycles. The molecule has 15 heteroatoms. The maximum atomic E-state index is 12.4. The molecule has 42 heavy (non-hydrogen) atoms. The van der Waals surface area contributed by atoms with Gasteiger partial charge in [0.25, 0.3) is 0 Å². The fourth-order valence-corrected chi connectivity index (χ4v) is 3.35. The van der Waals surface area contributed by atoms with Gasteiger partial charge in [-0.15, -0.1) is 19.6 Å².